The van der Waals surface area contributed by atoms with Gasteiger partial charge in [-0.05, 0) is 61.4 Å². The summed E-state index contributed by atoms with van der Waals surface area (Å²) in [6.07, 6.45) is 2.41. The number of nitrogens with one attached hydrogen (secondary N) is 1. The second-order valence-electron chi connectivity index (χ2n) is 6.51. The van der Waals surface area contributed by atoms with Crippen molar-refractivity contribution in [3.8, 4) is 11.3 Å². The normalized spacial score (nSPS) is 13.6. The molecule has 4 rings (SSSR count). The summed E-state index contributed by atoms with van der Waals surface area (Å²) in [6.45, 7) is 2.08. The van der Waals surface area contributed by atoms with Crippen molar-refractivity contribution in [1.82, 2.24) is 10.2 Å². The third-order valence-corrected chi connectivity index (χ3v) is 4.86. The van der Waals surface area contributed by atoms with E-state index in [1.54, 1.807) is 24.3 Å². The van der Waals surface area contributed by atoms with Crippen LogP contribution in [-0.2, 0) is 0 Å². The van der Waals surface area contributed by atoms with Gasteiger partial charge in [0, 0.05) is 34.9 Å². The van der Waals surface area contributed by atoms with Gasteiger partial charge in [0.1, 0.15) is 0 Å². The molecule has 0 bridgehead atoms. The summed E-state index contributed by atoms with van der Waals surface area (Å²) < 4.78 is 0. The molecule has 1 aliphatic rings. The Bertz CT molecular complexity index is 935. The Morgan fingerprint density at radius 2 is 1.74 bits per heavy atom. The largest absolute Gasteiger partial charge is 0.355 e. The van der Waals surface area contributed by atoms with Crippen molar-refractivity contribution in [1.29, 1.82) is 0 Å². The number of carbonyl (C=O) groups excluding carboxylic acids is 1. The second-order valence-corrected chi connectivity index (χ2v) is 6.95. The van der Waals surface area contributed by atoms with Gasteiger partial charge in [-0.3, -0.25) is 4.79 Å². The summed E-state index contributed by atoms with van der Waals surface area (Å²) >= 11 is 5.87. The zero-order valence-electron chi connectivity index (χ0n) is 14.7. The number of rotatable bonds is 4. The number of hydrogen-bond donors (Lipinski definition) is 1. The average Bonchev–Trinajstić information content (AvgIpc) is 3.24. The minimum Gasteiger partial charge on any atom is -0.355 e. The van der Waals surface area contributed by atoms with Crippen molar-refractivity contribution < 1.29 is 4.79 Å². The number of hydrogen-bond acceptors (Lipinski definition) is 4. The van der Waals surface area contributed by atoms with E-state index in [2.05, 4.69) is 20.4 Å². The van der Waals surface area contributed by atoms with Crippen LogP contribution in [0.3, 0.4) is 0 Å². The molecular formula is C21H19ClN4O. The Morgan fingerprint density at radius 3 is 2.44 bits per heavy atom. The molecule has 27 heavy (non-hydrogen) atoms. The Morgan fingerprint density at radius 1 is 0.963 bits per heavy atom. The van der Waals surface area contributed by atoms with Gasteiger partial charge in [0.25, 0.3) is 5.91 Å². The number of amides is 1. The molecule has 1 aromatic heterocycles. The third-order valence-electron chi connectivity index (χ3n) is 4.60. The van der Waals surface area contributed by atoms with Gasteiger partial charge >= 0.3 is 0 Å². The van der Waals surface area contributed by atoms with Gasteiger partial charge in [-0.25, -0.2) is 0 Å². The van der Waals surface area contributed by atoms with Crippen LogP contribution in [0.15, 0.2) is 60.7 Å². The summed E-state index contributed by atoms with van der Waals surface area (Å²) in [5.74, 6) is 0.739. The molecule has 2 heterocycles. The van der Waals surface area contributed by atoms with Crippen LogP contribution in [-0.4, -0.2) is 29.2 Å². The fraction of sp³-hybridized carbons (Fsp3) is 0.190. The summed E-state index contributed by atoms with van der Waals surface area (Å²) in [7, 11) is 0. The molecule has 0 saturated carbocycles. The zero-order valence-corrected chi connectivity index (χ0v) is 15.5. The molecule has 0 unspecified atom stereocenters. The molecule has 5 nitrogen and oxygen atoms in total. The minimum atomic E-state index is -0.181. The fourth-order valence-corrected chi connectivity index (χ4v) is 3.28. The molecule has 0 atom stereocenters. The number of benzene rings is 2. The van der Waals surface area contributed by atoms with Crippen LogP contribution >= 0.6 is 11.6 Å². The van der Waals surface area contributed by atoms with Crippen molar-refractivity contribution in [2.45, 2.75) is 12.8 Å². The lowest BCUT2D eigenvalue weighted by atomic mass is 10.1. The molecule has 1 fully saturated rings. The molecule has 3 aromatic rings. The fourth-order valence-electron chi connectivity index (χ4n) is 3.15. The third kappa shape index (κ3) is 4.09. The molecule has 2 aromatic carbocycles. The Hall–Kier alpha value is -2.92. The minimum absolute atomic E-state index is 0.181. The number of halogens is 1. The summed E-state index contributed by atoms with van der Waals surface area (Å²) in [5, 5.41) is 12.2. The van der Waals surface area contributed by atoms with Crippen LogP contribution in [0.2, 0.25) is 5.02 Å². The van der Waals surface area contributed by atoms with E-state index in [4.69, 9.17) is 11.6 Å². The van der Waals surface area contributed by atoms with Gasteiger partial charge in [-0.2, -0.15) is 0 Å². The van der Waals surface area contributed by atoms with Gasteiger partial charge < -0.3 is 10.2 Å². The van der Waals surface area contributed by atoms with Crippen LogP contribution < -0.4 is 10.2 Å². The smallest absolute Gasteiger partial charge is 0.255 e. The Kier molecular flexibility index (Phi) is 5.03. The standard InChI is InChI=1S/C21H19ClN4O/c22-17-8-6-15(7-9-17)21(27)23-18-5-3-4-16(14-18)19-10-11-20(25-24-19)26-12-1-2-13-26/h3-11,14H,1-2,12-13H2,(H,23,27). The van der Waals surface area contributed by atoms with Crippen LogP contribution in [0, 0.1) is 0 Å². The van der Waals surface area contributed by atoms with Gasteiger partial charge in [0.05, 0.1) is 5.69 Å². The highest BCUT2D eigenvalue weighted by Gasteiger charge is 2.14. The van der Waals surface area contributed by atoms with Crippen LogP contribution in [0.25, 0.3) is 11.3 Å². The van der Waals surface area contributed by atoms with Gasteiger partial charge in [-0.15, -0.1) is 10.2 Å². The van der Waals surface area contributed by atoms with Crippen LogP contribution in [0.4, 0.5) is 11.5 Å². The Balaban J connectivity index is 1.50. The summed E-state index contributed by atoms with van der Waals surface area (Å²) in [6, 6.07) is 18.4. The molecular weight excluding hydrogens is 360 g/mol. The van der Waals surface area contributed by atoms with Gasteiger partial charge in [0.15, 0.2) is 5.82 Å². The topological polar surface area (TPSA) is 58.1 Å². The molecule has 1 N–H and O–H groups in total. The van der Waals surface area contributed by atoms with E-state index in [1.807, 2.05) is 36.4 Å². The Labute approximate surface area is 163 Å². The van der Waals surface area contributed by atoms with E-state index in [0.29, 0.717) is 16.3 Å². The molecule has 6 heteroatoms. The highest BCUT2D eigenvalue weighted by Crippen LogP contribution is 2.23. The van der Waals surface area contributed by atoms with Crippen molar-refractivity contribution in [2.24, 2.45) is 0 Å². The van der Waals surface area contributed by atoms with Crippen molar-refractivity contribution in [3.63, 3.8) is 0 Å². The molecule has 0 spiro atoms. The maximum absolute atomic E-state index is 12.4. The van der Waals surface area contributed by atoms with Crippen molar-refractivity contribution in [2.75, 3.05) is 23.3 Å². The first-order valence-corrected chi connectivity index (χ1v) is 9.33. The van der Waals surface area contributed by atoms with E-state index < -0.39 is 0 Å². The van der Waals surface area contributed by atoms with E-state index in [9.17, 15) is 4.79 Å². The zero-order chi connectivity index (χ0) is 18.6. The van der Waals surface area contributed by atoms with E-state index in [0.717, 1.165) is 30.2 Å². The predicted molar refractivity (Wildman–Crippen MR) is 108 cm³/mol. The van der Waals surface area contributed by atoms with Gasteiger partial charge in [-0.1, -0.05) is 23.7 Å². The highest BCUT2D eigenvalue weighted by molar-refractivity contribution is 6.30. The highest BCUT2D eigenvalue weighted by atomic mass is 35.5. The van der Waals surface area contributed by atoms with E-state index in [-0.39, 0.29) is 5.91 Å². The monoisotopic (exact) mass is 378 g/mol. The second kappa shape index (κ2) is 7.76. The number of nitrogens with zero attached hydrogens (tertiary/aromatic N) is 3. The van der Waals surface area contributed by atoms with Gasteiger partial charge in [0.2, 0.25) is 0 Å². The first-order valence-electron chi connectivity index (χ1n) is 8.95. The van der Waals surface area contributed by atoms with Crippen molar-refractivity contribution >= 4 is 29.0 Å². The van der Waals surface area contributed by atoms with Crippen molar-refractivity contribution in [3.05, 3.63) is 71.2 Å². The maximum Gasteiger partial charge on any atom is 0.255 e. The number of aromatic nitrogens is 2. The lowest BCUT2D eigenvalue weighted by molar-refractivity contribution is 0.102. The first-order chi connectivity index (χ1) is 13.2. The lowest BCUT2D eigenvalue weighted by Crippen LogP contribution is -2.19. The number of anilines is 2. The summed E-state index contributed by atoms with van der Waals surface area (Å²) in [5.41, 5.74) is 2.95. The number of carbonyl (C=O) groups is 1. The summed E-state index contributed by atoms with van der Waals surface area (Å²) in [4.78, 5) is 14.6. The van der Waals surface area contributed by atoms with E-state index in [1.165, 1.54) is 12.8 Å². The molecule has 136 valence electrons. The SMILES string of the molecule is O=C(Nc1cccc(-c2ccc(N3CCCC3)nn2)c1)c1ccc(Cl)cc1. The quantitative estimate of drug-likeness (QED) is 0.718. The molecule has 1 amide bonds. The maximum atomic E-state index is 12.4. The lowest BCUT2D eigenvalue weighted by Gasteiger charge is -2.15. The van der Waals surface area contributed by atoms with Crippen LogP contribution in [0.1, 0.15) is 23.2 Å². The molecule has 0 radical (unpaired) electrons. The molecule has 1 aliphatic heterocycles. The van der Waals surface area contributed by atoms with Crippen LogP contribution in [0.5, 0.6) is 0 Å². The average molecular weight is 379 g/mol. The molecule has 1 saturated heterocycles. The predicted octanol–water partition coefficient (Wildman–Crippen LogP) is 4.65. The van der Waals surface area contributed by atoms with E-state index >= 15 is 0 Å². The first kappa shape index (κ1) is 17.5. The molecule has 0 aliphatic carbocycles.